The maximum absolute atomic E-state index is 12.6. The Balaban J connectivity index is 1.72. The van der Waals surface area contributed by atoms with Gasteiger partial charge in [-0.05, 0) is 45.2 Å². The number of nitrogens with zero attached hydrogens (tertiary/aromatic N) is 2. The van der Waals surface area contributed by atoms with Crippen LogP contribution in [-0.4, -0.2) is 34.0 Å². The van der Waals surface area contributed by atoms with Crippen LogP contribution in [0.5, 0.6) is 0 Å². The summed E-state index contributed by atoms with van der Waals surface area (Å²) in [6.45, 7) is 7.09. The van der Waals surface area contributed by atoms with Crippen molar-refractivity contribution in [2.24, 2.45) is 0 Å². The van der Waals surface area contributed by atoms with Crippen LogP contribution in [0.4, 0.5) is 10.5 Å². The van der Waals surface area contributed by atoms with Gasteiger partial charge in [-0.2, -0.15) is 0 Å². The fraction of sp³-hybridized carbons (Fsp3) is 0.421. The average Bonchev–Trinajstić information content (AvgIpc) is 2.56. The summed E-state index contributed by atoms with van der Waals surface area (Å²) in [6, 6.07) is 7.43. The van der Waals surface area contributed by atoms with E-state index >= 15 is 0 Å². The Morgan fingerprint density at radius 1 is 1.28 bits per heavy atom. The molecule has 132 valence electrons. The number of urea groups is 1. The topological polar surface area (TPSA) is 78.1 Å². The first-order chi connectivity index (χ1) is 11.9. The molecule has 1 fully saturated rings. The van der Waals surface area contributed by atoms with Crippen LogP contribution in [0.3, 0.4) is 0 Å². The predicted octanol–water partition coefficient (Wildman–Crippen LogP) is 3.11. The quantitative estimate of drug-likeness (QED) is 0.882. The monoisotopic (exact) mass is 340 g/mol. The van der Waals surface area contributed by atoms with Crippen molar-refractivity contribution in [3.05, 3.63) is 57.3 Å². The largest absolute Gasteiger partial charge is 0.324 e. The molecule has 0 saturated carbocycles. The van der Waals surface area contributed by atoms with Crippen molar-refractivity contribution in [3.63, 3.8) is 0 Å². The Morgan fingerprint density at radius 3 is 2.80 bits per heavy atom. The molecule has 0 spiro atoms. The number of carbonyl (C=O) groups excluding carboxylic acids is 1. The Hall–Kier alpha value is -2.63. The van der Waals surface area contributed by atoms with Gasteiger partial charge in [0.2, 0.25) is 0 Å². The molecular formula is C19H24N4O2. The molecule has 3 rings (SSSR count). The number of carbonyl (C=O) groups is 1. The number of amides is 2. The van der Waals surface area contributed by atoms with E-state index in [1.807, 2.05) is 30.9 Å². The van der Waals surface area contributed by atoms with Crippen molar-refractivity contribution >= 4 is 11.7 Å². The lowest BCUT2D eigenvalue weighted by Gasteiger charge is -2.32. The minimum atomic E-state index is -0.139. The molecule has 0 radical (unpaired) electrons. The zero-order valence-electron chi connectivity index (χ0n) is 14.9. The zero-order chi connectivity index (χ0) is 18.0. The van der Waals surface area contributed by atoms with Crippen LogP contribution in [0.25, 0.3) is 0 Å². The maximum Gasteiger partial charge on any atom is 0.321 e. The standard InChI is InChI=1S/C19H24N4O2/c1-12-6-7-16(13(2)9-12)22-19(25)23-8-4-5-15(11-23)17-10-18(24)21-14(3)20-17/h6-7,9-10,15H,4-5,8,11H2,1-3H3,(H,22,25)(H,20,21,24)/t15-/m0/s1. The highest BCUT2D eigenvalue weighted by Gasteiger charge is 2.26. The van der Waals surface area contributed by atoms with Crippen LogP contribution >= 0.6 is 0 Å². The number of rotatable bonds is 2. The van der Waals surface area contributed by atoms with Crippen LogP contribution in [0.2, 0.25) is 0 Å². The molecule has 2 heterocycles. The Kier molecular flexibility index (Phi) is 4.88. The number of aromatic amines is 1. The van der Waals surface area contributed by atoms with E-state index in [9.17, 15) is 9.59 Å². The molecule has 25 heavy (non-hydrogen) atoms. The smallest absolute Gasteiger partial charge is 0.321 e. The van der Waals surface area contributed by atoms with Gasteiger partial charge in [0.05, 0.1) is 5.69 Å². The molecule has 2 aromatic rings. The molecule has 1 aliphatic rings. The number of aromatic nitrogens is 2. The van der Waals surface area contributed by atoms with Gasteiger partial charge >= 0.3 is 6.03 Å². The van der Waals surface area contributed by atoms with Crippen molar-refractivity contribution in [1.82, 2.24) is 14.9 Å². The summed E-state index contributed by atoms with van der Waals surface area (Å²) in [5.41, 5.74) is 3.69. The van der Waals surface area contributed by atoms with Crippen LogP contribution in [0.15, 0.2) is 29.1 Å². The summed E-state index contributed by atoms with van der Waals surface area (Å²) in [6.07, 6.45) is 1.84. The molecule has 1 aliphatic heterocycles. The number of piperidine rings is 1. The maximum atomic E-state index is 12.6. The van der Waals surface area contributed by atoms with Crippen LogP contribution < -0.4 is 10.9 Å². The highest BCUT2D eigenvalue weighted by molar-refractivity contribution is 5.90. The number of hydrogen-bond acceptors (Lipinski definition) is 3. The molecule has 0 aliphatic carbocycles. The van der Waals surface area contributed by atoms with E-state index in [1.54, 1.807) is 13.0 Å². The van der Waals surface area contributed by atoms with Crippen LogP contribution in [-0.2, 0) is 0 Å². The lowest BCUT2D eigenvalue weighted by molar-refractivity contribution is 0.192. The number of nitrogens with one attached hydrogen (secondary N) is 2. The van der Waals surface area contributed by atoms with E-state index in [0.29, 0.717) is 12.4 Å². The minimum Gasteiger partial charge on any atom is -0.324 e. The van der Waals surface area contributed by atoms with Gasteiger partial charge < -0.3 is 15.2 Å². The fourth-order valence-electron chi connectivity index (χ4n) is 3.36. The number of likely N-dealkylation sites (tertiary alicyclic amines) is 1. The van der Waals surface area contributed by atoms with Gasteiger partial charge in [0, 0.05) is 30.8 Å². The van der Waals surface area contributed by atoms with Crippen molar-refractivity contribution < 1.29 is 4.79 Å². The molecular weight excluding hydrogens is 316 g/mol. The number of benzene rings is 1. The van der Waals surface area contributed by atoms with Crippen molar-refractivity contribution in [1.29, 1.82) is 0 Å². The van der Waals surface area contributed by atoms with E-state index in [0.717, 1.165) is 36.3 Å². The Morgan fingerprint density at radius 2 is 2.08 bits per heavy atom. The SMILES string of the molecule is Cc1ccc(NC(=O)N2CCC[C@H](c3cc(=O)[nH]c(C)n3)C2)c(C)c1. The lowest BCUT2D eigenvalue weighted by Crippen LogP contribution is -2.42. The van der Waals surface area contributed by atoms with Crippen molar-refractivity contribution in [2.75, 3.05) is 18.4 Å². The van der Waals surface area contributed by atoms with Crippen LogP contribution in [0, 0.1) is 20.8 Å². The summed E-state index contributed by atoms with van der Waals surface area (Å²) < 4.78 is 0. The summed E-state index contributed by atoms with van der Waals surface area (Å²) in [7, 11) is 0. The zero-order valence-corrected chi connectivity index (χ0v) is 14.9. The Bertz CT molecular complexity index is 844. The molecule has 1 aromatic carbocycles. The molecule has 0 unspecified atom stereocenters. The third-order valence-corrected chi connectivity index (χ3v) is 4.63. The molecule has 2 N–H and O–H groups in total. The van der Waals surface area contributed by atoms with Gasteiger partial charge in [0.15, 0.2) is 0 Å². The second-order valence-corrected chi connectivity index (χ2v) is 6.79. The van der Waals surface area contributed by atoms with Gasteiger partial charge in [-0.15, -0.1) is 0 Å². The van der Waals surface area contributed by atoms with Gasteiger partial charge in [0.1, 0.15) is 5.82 Å². The highest BCUT2D eigenvalue weighted by Crippen LogP contribution is 2.26. The number of aryl methyl sites for hydroxylation is 3. The molecule has 0 bridgehead atoms. The molecule has 1 aromatic heterocycles. The van der Waals surface area contributed by atoms with E-state index in [-0.39, 0.29) is 17.5 Å². The van der Waals surface area contributed by atoms with Gasteiger partial charge in [-0.3, -0.25) is 4.79 Å². The van der Waals surface area contributed by atoms with E-state index in [2.05, 4.69) is 21.4 Å². The van der Waals surface area contributed by atoms with Gasteiger partial charge in [0.25, 0.3) is 5.56 Å². The summed E-state index contributed by atoms with van der Waals surface area (Å²) in [4.78, 5) is 33.3. The number of H-pyrrole nitrogens is 1. The van der Waals surface area contributed by atoms with Crippen molar-refractivity contribution in [3.8, 4) is 0 Å². The molecule has 1 saturated heterocycles. The summed E-state index contributed by atoms with van der Waals surface area (Å²) in [5.74, 6) is 0.707. The van der Waals surface area contributed by atoms with Gasteiger partial charge in [-0.1, -0.05) is 17.7 Å². The Labute approximate surface area is 147 Å². The first kappa shape index (κ1) is 17.2. The van der Waals surface area contributed by atoms with Gasteiger partial charge in [-0.25, -0.2) is 9.78 Å². The number of hydrogen-bond donors (Lipinski definition) is 2. The normalized spacial score (nSPS) is 17.4. The van der Waals surface area contributed by atoms with E-state index < -0.39 is 0 Å². The molecule has 2 amide bonds. The molecule has 1 atom stereocenters. The molecule has 6 heteroatoms. The fourth-order valence-corrected chi connectivity index (χ4v) is 3.36. The first-order valence-electron chi connectivity index (χ1n) is 8.63. The van der Waals surface area contributed by atoms with Crippen LogP contribution in [0.1, 0.15) is 41.4 Å². The summed E-state index contributed by atoms with van der Waals surface area (Å²) in [5, 5.41) is 3.00. The second-order valence-electron chi connectivity index (χ2n) is 6.79. The average molecular weight is 340 g/mol. The third kappa shape index (κ3) is 4.07. The first-order valence-corrected chi connectivity index (χ1v) is 8.63. The number of anilines is 1. The minimum absolute atomic E-state index is 0.0969. The lowest BCUT2D eigenvalue weighted by atomic mass is 9.94. The molecule has 6 nitrogen and oxygen atoms in total. The highest BCUT2D eigenvalue weighted by atomic mass is 16.2. The predicted molar refractivity (Wildman–Crippen MR) is 98.1 cm³/mol. The summed E-state index contributed by atoms with van der Waals surface area (Å²) >= 11 is 0. The third-order valence-electron chi connectivity index (χ3n) is 4.63. The van der Waals surface area contributed by atoms with E-state index in [1.165, 1.54) is 5.56 Å². The van der Waals surface area contributed by atoms with Crippen molar-refractivity contribution in [2.45, 2.75) is 39.5 Å². The van der Waals surface area contributed by atoms with E-state index in [4.69, 9.17) is 0 Å². The second kappa shape index (κ2) is 7.09.